The number of ether oxygens (including phenoxy) is 2. The quantitative estimate of drug-likeness (QED) is 0.0830. The molecular formula is C36H58NO3+. The summed E-state index contributed by atoms with van der Waals surface area (Å²) in [4.78, 5) is 12.6. The molecule has 224 valence electrons. The summed E-state index contributed by atoms with van der Waals surface area (Å²) in [6.07, 6.45) is 16.8. The molecule has 0 spiro atoms. The van der Waals surface area contributed by atoms with Gasteiger partial charge in [0.1, 0.15) is 18.2 Å². The zero-order valence-corrected chi connectivity index (χ0v) is 26.3. The largest absolute Gasteiger partial charge is 0.491 e. The van der Waals surface area contributed by atoms with Gasteiger partial charge in [0.15, 0.2) is 0 Å². The summed E-state index contributed by atoms with van der Waals surface area (Å²) in [7, 11) is 4.33. The highest BCUT2D eigenvalue weighted by Crippen LogP contribution is 2.19. The van der Waals surface area contributed by atoms with E-state index in [-0.39, 0.29) is 18.0 Å². The molecule has 4 heteroatoms. The van der Waals surface area contributed by atoms with Gasteiger partial charge in [-0.25, -0.2) is 0 Å². The number of aryl methyl sites for hydroxylation is 1. The van der Waals surface area contributed by atoms with Crippen molar-refractivity contribution in [3.05, 3.63) is 65.7 Å². The highest BCUT2D eigenvalue weighted by molar-refractivity contribution is 5.72. The van der Waals surface area contributed by atoms with E-state index in [1.807, 2.05) is 26.0 Å². The van der Waals surface area contributed by atoms with E-state index >= 15 is 0 Å². The van der Waals surface area contributed by atoms with Crippen molar-refractivity contribution in [1.29, 1.82) is 0 Å². The van der Waals surface area contributed by atoms with Crippen molar-refractivity contribution < 1.29 is 18.8 Å². The third-order valence-corrected chi connectivity index (χ3v) is 7.70. The van der Waals surface area contributed by atoms with Gasteiger partial charge >= 0.3 is 5.97 Å². The van der Waals surface area contributed by atoms with E-state index in [4.69, 9.17) is 9.47 Å². The number of carbonyl (C=O) groups is 1. The van der Waals surface area contributed by atoms with Crippen LogP contribution >= 0.6 is 0 Å². The van der Waals surface area contributed by atoms with Crippen LogP contribution < -0.4 is 4.74 Å². The van der Waals surface area contributed by atoms with E-state index < -0.39 is 0 Å². The van der Waals surface area contributed by atoms with Crippen molar-refractivity contribution >= 4 is 5.97 Å². The molecule has 0 saturated carbocycles. The number of hydrogen-bond donors (Lipinski definition) is 0. The van der Waals surface area contributed by atoms with Crippen LogP contribution in [-0.4, -0.2) is 43.8 Å². The average Bonchev–Trinajstić information content (AvgIpc) is 2.92. The van der Waals surface area contributed by atoms with Crippen molar-refractivity contribution in [2.75, 3.05) is 27.2 Å². The summed E-state index contributed by atoms with van der Waals surface area (Å²) in [5.74, 6) is 0.635. The number of quaternary nitrogens is 1. The normalized spacial score (nSPS) is 13.1. The molecule has 0 saturated heterocycles. The van der Waals surface area contributed by atoms with Crippen molar-refractivity contribution in [3.8, 4) is 5.75 Å². The first-order chi connectivity index (χ1) is 19.3. The maximum Gasteiger partial charge on any atom is 0.314 e. The molecule has 0 amide bonds. The Hall–Kier alpha value is -2.33. The topological polar surface area (TPSA) is 35.5 Å². The number of esters is 1. The second kappa shape index (κ2) is 19.7. The molecule has 0 aliphatic heterocycles. The Kier molecular flexibility index (Phi) is 16.7. The maximum atomic E-state index is 12.6. The molecule has 2 atom stereocenters. The zero-order valence-electron chi connectivity index (χ0n) is 26.3. The van der Waals surface area contributed by atoms with Crippen LogP contribution in [0.2, 0.25) is 0 Å². The minimum atomic E-state index is -0.151. The highest BCUT2D eigenvalue weighted by atomic mass is 16.5. The van der Waals surface area contributed by atoms with E-state index in [0.717, 1.165) is 29.7 Å². The molecule has 40 heavy (non-hydrogen) atoms. The van der Waals surface area contributed by atoms with Crippen LogP contribution in [-0.2, 0) is 22.5 Å². The van der Waals surface area contributed by atoms with Crippen molar-refractivity contribution in [1.82, 2.24) is 0 Å². The van der Waals surface area contributed by atoms with Gasteiger partial charge in [0, 0.05) is 12.0 Å². The SMILES string of the molecule is CCCCCCCCCCCCCc1cccc(OC(C)CCOC(=O)C(C)C[N+](C)(C)Cc2ccccc2)c1. The van der Waals surface area contributed by atoms with Gasteiger partial charge in [-0.1, -0.05) is 114 Å². The summed E-state index contributed by atoms with van der Waals surface area (Å²) in [5, 5.41) is 0. The standard InChI is InChI=1S/C36H58NO3/c1-6-7-8-9-10-11-12-13-14-15-17-21-33-24-20-25-35(28-33)40-32(3)26-27-39-36(38)31(2)29-37(4,5)30-34-22-18-16-19-23-34/h16,18-20,22-25,28,31-32H,6-15,17,21,26-27,29-30H2,1-5H3/q+1. The summed E-state index contributed by atoms with van der Waals surface area (Å²) in [6, 6.07) is 18.9. The smallest absolute Gasteiger partial charge is 0.314 e. The third-order valence-electron chi connectivity index (χ3n) is 7.70. The van der Waals surface area contributed by atoms with Crippen LogP contribution in [0.15, 0.2) is 54.6 Å². The molecule has 2 aromatic carbocycles. The van der Waals surface area contributed by atoms with Gasteiger partial charge in [-0.15, -0.1) is 0 Å². The first-order valence-corrected chi connectivity index (χ1v) is 16.1. The van der Waals surface area contributed by atoms with Gasteiger partial charge in [-0.2, -0.15) is 0 Å². The van der Waals surface area contributed by atoms with E-state index in [9.17, 15) is 4.79 Å². The lowest BCUT2D eigenvalue weighted by atomic mass is 10.0. The summed E-state index contributed by atoms with van der Waals surface area (Å²) in [6.45, 7) is 8.31. The van der Waals surface area contributed by atoms with E-state index in [2.05, 4.69) is 63.5 Å². The molecule has 0 aliphatic rings. The number of nitrogens with zero attached hydrogens (tertiary/aromatic N) is 1. The minimum Gasteiger partial charge on any atom is -0.491 e. The molecule has 2 rings (SSSR count). The number of hydrogen-bond acceptors (Lipinski definition) is 3. The lowest BCUT2D eigenvalue weighted by molar-refractivity contribution is -0.905. The Morgan fingerprint density at radius 3 is 2.02 bits per heavy atom. The first kappa shape index (κ1) is 33.9. The number of rotatable bonds is 22. The Bertz CT molecular complexity index is 927. The van der Waals surface area contributed by atoms with Crippen LogP contribution in [0.1, 0.15) is 109 Å². The van der Waals surface area contributed by atoms with Gasteiger partial charge in [-0.05, 0) is 44.4 Å². The van der Waals surface area contributed by atoms with E-state index in [1.165, 1.54) is 81.8 Å². The number of unbranched alkanes of at least 4 members (excludes halogenated alkanes) is 10. The van der Waals surface area contributed by atoms with Crippen molar-refractivity contribution in [2.24, 2.45) is 5.92 Å². The molecule has 2 aromatic rings. The van der Waals surface area contributed by atoms with E-state index in [0.29, 0.717) is 13.0 Å². The molecule has 0 radical (unpaired) electrons. The maximum absolute atomic E-state index is 12.6. The fourth-order valence-electron chi connectivity index (χ4n) is 5.48. The molecule has 4 nitrogen and oxygen atoms in total. The molecule has 0 aliphatic carbocycles. The third kappa shape index (κ3) is 15.5. The number of benzene rings is 2. The summed E-state index contributed by atoms with van der Waals surface area (Å²) in [5.41, 5.74) is 2.62. The van der Waals surface area contributed by atoms with Crippen molar-refractivity contribution in [3.63, 3.8) is 0 Å². The summed E-state index contributed by atoms with van der Waals surface area (Å²) < 4.78 is 12.5. The summed E-state index contributed by atoms with van der Waals surface area (Å²) >= 11 is 0. The van der Waals surface area contributed by atoms with Crippen molar-refractivity contribution in [2.45, 2.75) is 117 Å². The Labute approximate surface area is 246 Å². The van der Waals surface area contributed by atoms with Gasteiger partial charge < -0.3 is 14.0 Å². The van der Waals surface area contributed by atoms with Crippen LogP contribution in [0.25, 0.3) is 0 Å². The molecule has 0 aromatic heterocycles. The Morgan fingerprint density at radius 2 is 1.38 bits per heavy atom. The molecule has 0 bridgehead atoms. The van der Waals surface area contributed by atoms with Gasteiger partial charge in [-0.3, -0.25) is 4.79 Å². The average molecular weight is 553 g/mol. The second-order valence-electron chi connectivity index (χ2n) is 12.5. The van der Waals surface area contributed by atoms with Crippen LogP contribution in [0.3, 0.4) is 0 Å². The highest BCUT2D eigenvalue weighted by Gasteiger charge is 2.25. The zero-order chi connectivity index (χ0) is 29.1. The minimum absolute atomic E-state index is 0.00867. The predicted octanol–water partition coefficient (Wildman–Crippen LogP) is 9.15. The lowest BCUT2D eigenvalue weighted by Gasteiger charge is -2.32. The first-order valence-electron chi connectivity index (χ1n) is 16.1. The van der Waals surface area contributed by atoms with Gasteiger partial charge in [0.2, 0.25) is 0 Å². The Morgan fingerprint density at radius 1 is 0.775 bits per heavy atom. The fraction of sp³-hybridized carbons (Fsp3) is 0.639. The monoisotopic (exact) mass is 552 g/mol. The number of carbonyl (C=O) groups excluding carboxylic acids is 1. The van der Waals surface area contributed by atoms with Crippen LogP contribution in [0.4, 0.5) is 0 Å². The fourth-order valence-corrected chi connectivity index (χ4v) is 5.48. The Balaban J connectivity index is 1.59. The molecule has 0 N–H and O–H groups in total. The van der Waals surface area contributed by atoms with Gasteiger partial charge in [0.05, 0.1) is 33.4 Å². The van der Waals surface area contributed by atoms with Crippen LogP contribution in [0, 0.1) is 5.92 Å². The van der Waals surface area contributed by atoms with Gasteiger partial charge in [0.25, 0.3) is 0 Å². The molecule has 0 fully saturated rings. The second-order valence-corrected chi connectivity index (χ2v) is 12.5. The molecule has 2 unspecified atom stereocenters. The molecule has 0 heterocycles. The lowest BCUT2D eigenvalue weighted by Crippen LogP contribution is -2.44. The van der Waals surface area contributed by atoms with E-state index in [1.54, 1.807) is 0 Å². The van der Waals surface area contributed by atoms with Crippen LogP contribution in [0.5, 0.6) is 5.75 Å². The predicted molar refractivity (Wildman–Crippen MR) is 169 cm³/mol. The molecular weight excluding hydrogens is 494 g/mol.